The molecule has 0 saturated heterocycles. The summed E-state index contributed by atoms with van der Waals surface area (Å²) in [5, 5.41) is 11.5. The second kappa shape index (κ2) is 7.19. The fraction of sp³-hybridized carbons (Fsp3) is 0.316. The zero-order chi connectivity index (χ0) is 18.0. The molecule has 3 rings (SSSR count). The van der Waals surface area contributed by atoms with Crippen LogP contribution < -0.4 is 5.56 Å². The van der Waals surface area contributed by atoms with Crippen LogP contribution in [0.5, 0.6) is 0 Å². The van der Waals surface area contributed by atoms with E-state index in [0.29, 0.717) is 24.2 Å². The summed E-state index contributed by atoms with van der Waals surface area (Å²) in [6.07, 6.45) is 0.449. The minimum absolute atomic E-state index is 0.0389. The molecule has 2 heterocycles. The molecular weight excluding hydrogens is 336 g/mol. The topological polar surface area (TPSA) is 72.2 Å². The molecular formula is C19H20N2O3S. The van der Waals surface area contributed by atoms with Gasteiger partial charge in [-0.1, -0.05) is 44.2 Å². The van der Waals surface area contributed by atoms with Crippen LogP contribution in [0.2, 0.25) is 0 Å². The molecule has 0 radical (unpaired) electrons. The number of hydrogen-bond acceptors (Lipinski definition) is 4. The van der Waals surface area contributed by atoms with E-state index in [1.54, 1.807) is 4.57 Å². The van der Waals surface area contributed by atoms with Crippen LogP contribution in [-0.4, -0.2) is 20.6 Å². The zero-order valence-electron chi connectivity index (χ0n) is 14.2. The predicted octanol–water partition coefficient (Wildman–Crippen LogP) is 4.11. The molecule has 1 aromatic carbocycles. The smallest absolute Gasteiger partial charge is 0.303 e. The van der Waals surface area contributed by atoms with E-state index in [1.807, 2.05) is 49.6 Å². The number of rotatable bonds is 6. The molecule has 0 bridgehead atoms. The molecule has 25 heavy (non-hydrogen) atoms. The summed E-state index contributed by atoms with van der Waals surface area (Å²) in [4.78, 5) is 29.4. The number of carboxylic acid groups (broad SMARTS) is 1. The summed E-state index contributed by atoms with van der Waals surface area (Å²) in [5.41, 5.74) is 1.79. The van der Waals surface area contributed by atoms with Crippen LogP contribution in [0.1, 0.15) is 38.4 Å². The van der Waals surface area contributed by atoms with E-state index < -0.39 is 5.97 Å². The summed E-state index contributed by atoms with van der Waals surface area (Å²) in [6, 6.07) is 9.79. The summed E-state index contributed by atoms with van der Waals surface area (Å²) >= 11 is 1.47. The van der Waals surface area contributed by atoms with E-state index in [9.17, 15) is 9.59 Å². The van der Waals surface area contributed by atoms with Crippen LogP contribution in [0.4, 0.5) is 0 Å². The zero-order valence-corrected chi connectivity index (χ0v) is 15.0. The first-order valence-electron chi connectivity index (χ1n) is 8.28. The second-order valence-electron chi connectivity index (χ2n) is 6.27. The predicted molar refractivity (Wildman–Crippen MR) is 100 cm³/mol. The van der Waals surface area contributed by atoms with Gasteiger partial charge in [0.05, 0.1) is 5.39 Å². The number of nitrogens with zero attached hydrogens (tertiary/aromatic N) is 2. The minimum Gasteiger partial charge on any atom is -0.481 e. The molecule has 0 aliphatic heterocycles. The van der Waals surface area contributed by atoms with Crippen molar-refractivity contribution >= 4 is 27.5 Å². The Balaban J connectivity index is 2.15. The lowest BCUT2D eigenvalue weighted by atomic mass is 10.1. The maximum absolute atomic E-state index is 13.2. The highest BCUT2D eigenvalue weighted by Gasteiger charge is 2.18. The molecule has 2 aromatic heterocycles. The normalized spacial score (nSPS) is 11.3. The lowest BCUT2D eigenvalue weighted by Crippen LogP contribution is -2.26. The monoisotopic (exact) mass is 356 g/mol. The maximum atomic E-state index is 13.2. The van der Waals surface area contributed by atoms with Gasteiger partial charge in [-0.15, -0.1) is 11.3 Å². The largest absolute Gasteiger partial charge is 0.481 e. The van der Waals surface area contributed by atoms with Crippen LogP contribution in [0.15, 0.2) is 40.5 Å². The molecule has 0 atom stereocenters. The molecule has 0 saturated carbocycles. The molecule has 0 fully saturated rings. The van der Waals surface area contributed by atoms with Crippen LogP contribution >= 0.6 is 11.3 Å². The first-order chi connectivity index (χ1) is 12.0. The Morgan fingerprint density at radius 1 is 1.28 bits per heavy atom. The number of hydrogen-bond donors (Lipinski definition) is 1. The fourth-order valence-electron chi connectivity index (χ4n) is 2.92. The van der Waals surface area contributed by atoms with Crippen molar-refractivity contribution in [2.45, 2.75) is 39.2 Å². The van der Waals surface area contributed by atoms with Crippen molar-refractivity contribution in [1.29, 1.82) is 0 Å². The summed E-state index contributed by atoms with van der Waals surface area (Å²) in [5.74, 6) is -0.0535. The summed E-state index contributed by atoms with van der Waals surface area (Å²) < 4.78 is 1.65. The highest BCUT2D eigenvalue weighted by atomic mass is 32.1. The van der Waals surface area contributed by atoms with Gasteiger partial charge < -0.3 is 5.11 Å². The quantitative estimate of drug-likeness (QED) is 0.721. The molecule has 5 nitrogen and oxygen atoms in total. The highest BCUT2D eigenvalue weighted by Crippen LogP contribution is 2.31. The Morgan fingerprint density at radius 3 is 2.64 bits per heavy atom. The minimum atomic E-state index is -0.853. The van der Waals surface area contributed by atoms with Gasteiger partial charge in [0.1, 0.15) is 10.7 Å². The molecule has 0 aliphatic rings. The molecule has 130 valence electrons. The van der Waals surface area contributed by atoms with Crippen LogP contribution in [0.3, 0.4) is 0 Å². The molecule has 0 amide bonds. The standard InChI is InChI=1S/C19H20N2O3S/c1-12(2)17-20-18-16(19(24)21(17)10-6-9-15(22)23)14(11-25-18)13-7-4-3-5-8-13/h3-5,7-8,11-12H,6,9-10H2,1-2H3,(H,22,23). The first-order valence-corrected chi connectivity index (χ1v) is 9.16. The number of benzene rings is 1. The number of aromatic nitrogens is 2. The van der Waals surface area contributed by atoms with Gasteiger partial charge in [0.2, 0.25) is 0 Å². The molecule has 0 unspecified atom stereocenters. The van der Waals surface area contributed by atoms with Gasteiger partial charge in [0.15, 0.2) is 0 Å². The van der Waals surface area contributed by atoms with Gasteiger partial charge in [-0.3, -0.25) is 14.2 Å². The van der Waals surface area contributed by atoms with Crippen molar-refractivity contribution in [2.75, 3.05) is 0 Å². The number of carboxylic acids is 1. The molecule has 3 aromatic rings. The Kier molecular flexibility index (Phi) is 4.99. The Morgan fingerprint density at radius 2 is 2.00 bits per heavy atom. The third-order valence-electron chi connectivity index (χ3n) is 4.10. The average molecular weight is 356 g/mol. The third kappa shape index (κ3) is 3.49. The van der Waals surface area contributed by atoms with Crippen molar-refractivity contribution in [3.63, 3.8) is 0 Å². The lowest BCUT2D eigenvalue weighted by molar-refractivity contribution is -0.137. The molecule has 0 aliphatic carbocycles. The van der Waals surface area contributed by atoms with Crippen LogP contribution in [-0.2, 0) is 11.3 Å². The number of fused-ring (bicyclic) bond motifs is 1. The Bertz CT molecular complexity index is 958. The van der Waals surface area contributed by atoms with Crippen molar-refractivity contribution in [3.8, 4) is 11.1 Å². The van der Waals surface area contributed by atoms with Crippen molar-refractivity contribution in [3.05, 3.63) is 51.9 Å². The number of thiophene rings is 1. The van der Waals surface area contributed by atoms with E-state index in [2.05, 4.69) is 0 Å². The first kappa shape index (κ1) is 17.4. The SMILES string of the molecule is CC(C)c1nc2scc(-c3ccccc3)c2c(=O)n1CCCC(=O)O. The van der Waals surface area contributed by atoms with Crippen molar-refractivity contribution in [1.82, 2.24) is 9.55 Å². The van der Waals surface area contributed by atoms with Gasteiger partial charge in [0, 0.05) is 29.8 Å². The van der Waals surface area contributed by atoms with Gasteiger partial charge in [-0.25, -0.2) is 4.98 Å². The van der Waals surface area contributed by atoms with Crippen LogP contribution in [0, 0.1) is 0 Å². The second-order valence-corrected chi connectivity index (χ2v) is 7.13. The summed E-state index contributed by atoms with van der Waals surface area (Å²) in [7, 11) is 0. The third-order valence-corrected chi connectivity index (χ3v) is 4.97. The van der Waals surface area contributed by atoms with Gasteiger partial charge in [0.25, 0.3) is 5.56 Å². The molecule has 1 N–H and O–H groups in total. The highest BCUT2D eigenvalue weighted by molar-refractivity contribution is 7.17. The van der Waals surface area contributed by atoms with Gasteiger partial charge in [-0.2, -0.15) is 0 Å². The van der Waals surface area contributed by atoms with E-state index in [1.165, 1.54) is 11.3 Å². The van der Waals surface area contributed by atoms with Crippen LogP contribution in [0.25, 0.3) is 21.3 Å². The maximum Gasteiger partial charge on any atom is 0.303 e. The van der Waals surface area contributed by atoms with Crippen molar-refractivity contribution in [2.24, 2.45) is 0 Å². The Labute approximate surface area is 149 Å². The molecule has 6 heteroatoms. The van der Waals surface area contributed by atoms with E-state index in [0.717, 1.165) is 16.0 Å². The van der Waals surface area contributed by atoms with Gasteiger partial charge in [-0.05, 0) is 12.0 Å². The lowest BCUT2D eigenvalue weighted by Gasteiger charge is -2.15. The van der Waals surface area contributed by atoms with E-state index >= 15 is 0 Å². The number of aliphatic carboxylic acids is 1. The molecule has 0 spiro atoms. The fourth-order valence-corrected chi connectivity index (χ4v) is 3.86. The average Bonchev–Trinajstić information content (AvgIpc) is 3.01. The number of carbonyl (C=O) groups is 1. The van der Waals surface area contributed by atoms with Crippen molar-refractivity contribution < 1.29 is 9.90 Å². The summed E-state index contributed by atoms with van der Waals surface area (Å²) in [6.45, 7) is 4.35. The van der Waals surface area contributed by atoms with E-state index in [-0.39, 0.29) is 17.9 Å². The van der Waals surface area contributed by atoms with Gasteiger partial charge >= 0.3 is 5.97 Å². The van der Waals surface area contributed by atoms with E-state index in [4.69, 9.17) is 10.1 Å². The Hall–Kier alpha value is -2.47.